The average molecular weight is 345 g/mol. The largest absolute Gasteiger partial charge is 0.370 e. The molecule has 1 aromatic heterocycles. The van der Waals surface area contributed by atoms with E-state index in [1.54, 1.807) is 6.20 Å². The first kappa shape index (κ1) is 16.8. The summed E-state index contributed by atoms with van der Waals surface area (Å²) in [6.45, 7) is 7.05. The van der Waals surface area contributed by atoms with Gasteiger partial charge in [0.15, 0.2) is 5.79 Å². The Morgan fingerprint density at radius 1 is 1.12 bits per heavy atom. The van der Waals surface area contributed by atoms with Gasteiger partial charge in [-0.3, -0.25) is 9.78 Å². The van der Waals surface area contributed by atoms with Gasteiger partial charge in [0.2, 0.25) is 0 Å². The number of piperidine rings is 2. The van der Waals surface area contributed by atoms with Crippen LogP contribution in [0, 0.1) is 5.92 Å². The Kier molecular flexibility index (Phi) is 4.65. The molecule has 0 N–H and O–H groups in total. The van der Waals surface area contributed by atoms with E-state index >= 15 is 0 Å². The molecule has 1 spiro atoms. The highest BCUT2D eigenvalue weighted by molar-refractivity contribution is 5.94. The summed E-state index contributed by atoms with van der Waals surface area (Å²) in [5.41, 5.74) is 1.74. The zero-order chi connectivity index (χ0) is 17.3. The third-order valence-electron chi connectivity index (χ3n) is 5.75. The Balaban J connectivity index is 1.41. The fourth-order valence-electron chi connectivity index (χ4n) is 4.00. The molecule has 1 aromatic rings. The second kappa shape index (κ2) is 6.92. The first-order chi connectivity index (χ1) is 12.2. The minimum atomic E-state index is -0.443. The monoisotopic (exact) mass is 345 g/mol. The number of pyridine rings is 1. The van der Waals surface area contributed by atoms with Crippen LogP contribution in [0.2, 0.25) is 0 Å². The summed E-state index contributed by atoms with van der Waals surface area (Å²) in [6, 6.07) is 2.00. The van der Waals surface area contributed by atoms with E-state index in [2.05, 4.69) is 16.8 Å². The lowest BCUT2D eigenvalue weighted by atomic mass is 9.99. The Bertz CT molecular complexity index is 612. The van der Waals surface area contributed by atoms with Gasteiger partial charge in [-0.05, 0) is 24.8 Å². The molecular weight excluding hydrogens is 318 g/mol. The molecule has 6 heteroatoms. The third kappa shape index (κ3) is 3.51. The number of carbonyl (C=O) groups is 1. The van der Waals surface area contributed by atoms with E-state index in [0.717, 1.165) is 37.5 Å². The summed E-state index contributed by atoms with van der Waals surface area (Å²) < 4.78 is 11.5. The molecule has 1 amide bonds. The summed E-state index contributed by atoms with van der Waals surface area (Å²) in [7, 11) is 0. The summed E-state index contributed by atoms with van der Waals surface area (Å²) in [5, 5.41) is 0. The van der Waals surface area contributed by atoms with Gasteiger partial charge in [-0.25, -0.2) is 0 Å². The molecule has 0 bridgehead atoms. The molecule has 3 fully saturated rings. The molecule has 0 atom stereocenters. The zero-order valence-corrected chi connectivity index (χ0v) is 14.9. The van der Waals surface area contributed by atoms with Gasteiger partial charge in [-0.15, -0.1) is 0 Å². The maximum absolute atomic E-state index is 12.9. The predicted molar refractivity (Wildman–Crippen MR) is 94.6 cm³/mol. The van der Waals surface area contributed by atoms with Gasteiger partial charge in [0.25, 0.3) is 5.91 Å². The maximum Gasteiger partial charge on any atom is 0.255 e. The van der Waals surface area contributed by atoms with E-state index in [0.29, 0.717) is 31.9 Å². The minimum absolute atomic E-state index is 0.0626. The molecule has 0 radical (unpaired) electrons. The normalized spacial score (nSPS) is 24.0. The van der Waals surface area contributed by atoms with Crippen LogP contribution in [0.15, 0.2) is 18.5 Å². The predicted octanol–water partition coefficient (Wildman–Crippen LogP) is 2.30. The van der Waals surface area contributed by atoms with E-state index < -0.39 is 5.79 Å². The van der Waals surface area contributed by atoms with Gasteiger partial charge in [0, 0.05) is 45.2 Å². The minimum Gasteiger partial charge on any atom is -0.370 e. The van der Waals surface area contributed by atoms with Crippen molar-refractivity contribution in [1.29, 1.82) is 0 Å². The number of carbonyl (C=O) groups excluding carboxylic acids is 1. The molecule has 3 aliphatic heterocycles. The van der Waals surface area contributed by atoms with Crippen molar-refractivity contribution >= 4 is 11.6 Å². The molecular formula is C19H27N3O3. The number of rotatable bonds is 2. The number of aromatic nitrogens is 1. The Labute approximate surface area is 149 Å². The van der Waals surface area contributed by atoms with Crippen molar-refractivity contribution in [3.8, 4) is 0 Å². The quantitative estimate of drug-likeness (QED) is 0.823. The fourth-order valence-corrected chi connectivity index (χ4v) is 4.00. The van der Waals surface area contributed by atoms with Gasteiger partial charge >= 0.3 is 0 Å². The number of nitrogens with zero attached hydrogens (tertiary/aromatic N) is 3. The molecule has 0 aromatic carbocycles. The van der Waals surface area contributed by atoms with Crippen molar-refractivity contribution < 1.29 is 14.3 Å². The standard InChI is InChI=1S/C19H27N3O3/c1-15-2-6-21(7-3-15)17-12-16(13-20-14-17)18(23)22-8-4-19(5-9-22)24-10-11-25-19/h12-15H,2-11H2,1H3. The number of hydrogen-bond donors (Lipinski definition) is 0. The first-order valence-corrected chi connectivity index (χ1v) is 9.42. The number of amides is 1. The number of anilines is 1. The van der Waals surface area contributed by atoms with Crippen molar-refractivity contribution in [2.24, 2.45) is 5.92 Å². The molecule has 0 saturated carbocycles. The number of hydrogen-bond acceptors (Lipinski definition) is 5. The van der Waals surface area contributed by atoms with Crippen molar-refractivity contribution in [2.45, 2.75) is 38.4 Å². The lowest BCUT2D eigenvalue weighted by Crippen LogP contribution is -2.47. The molecule has 25 heavy (non-hydrogen) atoms. The van der Waals surface area contributed by atoms with Crippen LogP contribution in [-0.4, -0.2) is 61.0 Å². The van der Waals surface area contributed by atoms with E-state index in [9.17, 15) is 4.79 Å². The number of ether oxygens (including phenoxy) is 2. The molecule has 3 saturated heterocycles. The van der Waals surface area contributed by atoms with Crippen molar-refractivity contribution in [2.75, 3.05) is 44.3 Å². The molecule has 0 aliphatic carbocycles. The Hall–Kier alpha value is -1.66. The van der Waals surface area contributed by atoms with Crippen LogP contribution in [-0.2, 0) is 9.47 Å². The van der Waals surface area contributed by atoms with Crippen molar-refractivity contribution in [3.05, 3.63) is 24.0 Å². The molecule has 4 heterocycles. The van der Waals surface area contributed by atoms with E-state index in [1.165, 1.54) is 12.8 Å². The van der Waals surface area contributed by atoms with Crippen LogP contribution in [0.3, 0.4) is 0 Å². The lowest BCUT2D eigenvalue weighted by molar-refractivity contribution is -0.181. The maximum atomic E-state index is 12.9. The smallest absolute Gasteiger partial charge is 0.255 e. The van der Waals surface area contributed by atoms with E-state index in [4.69, 9.17) is 9.47 Å². The molecule has 0 unspecified atom stereocenters. The molecule has 3 aliphatic rings. The second-order valence-electron chi connectivity index (χ2n) is 7.50. The van der Waals surface area contributed by atoms with E-state index in [1.807, 2.05) is 17.2 Å². The molecule has 6 nitrogen and oxygen atoms in total. The van der Waals surface area contributed by atoms with Crippen LogP contribution in [0.1, 0.15) is 43.0 Å². The van der Waals surface area contributed by atoms with Crippen LogP contribution < -0.4 is 4.90 Å². The first-order valence-electron chi connectivity index (χ1n) is 9.42. The SMILES string of the molecule is CC1CCN(c2cncc(C(=O)N3CCC4(CC3)OCCO4)c2)CC1. The summed E-state index contributed by atoms with van der Waals surface area (Å²) >= 11 is 0. The highest BCUT2D eigenvalue weighted by atomic mass is 16.7. The third-order valence-corrected chi connectivity index (χ3v) is 5.75. The summed E-state index contributed by atoms with van der Waals surface area (Å²) in [6.07, 6.45) is 7.45. The van der Waals surface area contributed by atoms with Crippen molar-refractivity contribution in [1.82, 2.24) is 9.88 Å². The average Bonchev–Trinajstić information content (AvgIpc) is 3.10. The van der Waals surface area contributed by atoms with Crippen LogP contribution in [0.25, 0.3) is 0 Å². The lowest BCUT2D eigenvalue weighted by Gasteiger charge is -2.37. The molecule has 4 rings (SSSR count). The Morgan fingerprint density at radius 3 is 2.48 bits per heavy atom. The number of likely N-dealkylation sites (tertiary alicyclic amines) is 1. The topological polar surface area (TPSA) is 54.9 Å². The molecule has 136 valence electrons. The van der Waals surface area contributed by atoms with Gasteiger partial charge in [-0.2, -0.15) is 0 Å². The van der Waals surface area contributed by atoms with E-state index in [-0.39, 0.29) is 5.91 Å². The highest BCUT2D eigenvalue weighted by Gasteiger charge is 2.40. The highest BCUT2D eigenvalue weighted by Crippen LogP contribution is 2.32. The van der Waals surface area contributed by atoms with Crippen LogP contribution in [0.5, 0.6) is 0 Å². The second-order valence-corrected chi connectivity index (χ2v) is 7.50. The van der Waals surface area contributed by atoms with Gasteiger partial charge in [0.05, 0.1) is 30.7 Å². The van der Waals surface area contributed by atoms with Gasteiger partial charge in [-0.1, -0.05) is 6.92 Å². The van der Waals surface area contributed by atoms with Gasteiger partial charge < -0.3 is 19.3 Å². The summed E-state index contributed by atoms with van der Waals surface area (Å²) in [5.74, 6) is 0.406. The fraction of sp³-hybridized carbons (Fsp3) is 0.684. The zero-order valence-electron chi connectivity index (χ0n) is 14.9. The van der Waals surface area contributed by atoms with Crippen LogP contribution >= 0.6 is 0 Å². The van der Waals surface area contributed by atoms with Crippen molar-refractivity contribution in [3.63, 3.8) is 0 Å². The Morgan fingerprint density at radius 2 is 1.80 bits per heavy atom. The van der Waals surface area contributed by atoms with Crippen LogP contribution in [0.4, 0.5) is 5.69 Å². The van der Waals surface area contributed by atoms with Gasteiger partial charge in [0.1, 0.15) is 0 Å². The summed E-state index contributed by atoms with van der Waals surface area (Å²) in [4.78, 5) is 21.4.